The Labute approximate surface area is 134 Å². The van der Waals surface area contributed by atoms with Gasteiger partial charge in [0.15, 0.2) is 0 Å². The molecule has 2 amide bonds. The molecule has 0 aliphatic heterocycles. The molecule has 0 saturated carbocycles. The van der Waals surface area contributed by atoms with E-state index in [0.29, 0.717) is 12.1 Å². The number of anilines is 1. The fourth-order valence-corrected chi connectivity index (χ4v) is 2.39. The molecule has 7 nitrogen and oxygen atoms in total. The second-order valence-corrected chi connectivity index (χ2v) is 5.83. The van der Waals surface area contributed by atoms with E-state index in [1.165, 1.54) is 10.6 Å². The van der Waals surface area contributed by atoms with Crippen LogP contribution < -0.4 is 16.2 Å². The first kappa shape index (κ1) is 16.8. The molecule has 2 rings (SSSR count). The van der Waals surface area contributed by atoms with Gasteiger partial charge >= 0.3 is 6.03 Å². The smallest absolute Gasteiger partial charge is 0.319 e. The number of pyridine rings is 1. The van der Waals surface area contributed by atoms with Gasteiger partial charge < -0.3 is 19.7 Å². The molecule has 0 fully saturated rings. The summed E-state index contributed by atoms with van der Waals surface area (Å²) < 4.78 is 6.55. The first-order valence-corrected chi connectivity index (χ1v) is 7.44. The third-order valence-electron chi connectivity index (χ3n) is 3.75. The summed E-state index contributed by atoms with van der Waals surface area (Å²) in [4.78, 5) is 23.6. The monoisotopic (exact) mass is 318 g/mol. The molecule has 0 bridgehead atoms. The summed E-state index contributed by atoms with van der Waals surface area (Å²) in [5.41, 5.74) is 3.07. The van der Waals surface area contributed by atoms with Crippen LogP contribution in [0.3, 0.4) is 0 Å². The first-order chi connectivity index (χ1) is 10.8. The maximum Gasteiger partial charge on any atom is 0.319 e. The molecule has 0 aliphatic carbocycles. The number of hydrogen-bond acceptors (Lipinski definition) is 4. The highest BCUT2D eigenvalue weighted by Gasteiger charge is 2.15. The van der Waals surface area contributed by atoms with Crippen molar-refractivity contribution < 1.29 is 9.32 Å². The molecule has 2 aromatic heterocycles. The lowest BCUT2D eigenvalue weighted by molar-refractivity contribution is 0.249. The number of aromatic nitrogens is 2. The van der Waals surface area contributed by atoms with E-state index in [2.05, 4.69) is 15.8 Å². The zero-order valence-electron chi connectivity index (χ0n) is 14.1. The lowest BCUT2D eigenvalue weighted by Gasteiger charge is -2.16. The van der Waals surface area contributed by atoms with Crippen molar-refractivity contribution in [3.63, 3.8) is 0 Å². The minimum absolute atomic E-state index is 0.0837. The van der Waals surface area contributed by atoms with Crippen LogP contribution in [0.2, 0.25) is 0 Å². The van der Waals surface area contributed by atoms with Crippen LogP contribution in [0.5, 0.6) is 0 Å². The topological polar surface area (TPSA) is 89.2 Å². The van der Waals surface area contributed by atoms with Crippen LogP contribution in [-0.4, -0.2) is 21.8 Å². The second kappa shape index (κ2) is 6.68. The summed E-state index contributed by atoms with van der Waals surface area (Å²) in [6.07, 6.45) is 2.25. The summed E-state index contributed by atoms with van der Waals surface area (Å²) in [6.45, 7) is 7.44. The Kier molecular flexibility index (Phi) is 4.88. The van der Waals surface area contributed by atoms with Crippen LogP contribution in [0.25, 0.3) is 0 Å². The number of carbonyl (C=O) groups is 1. The van der Waals surface area contributed by atoms with Crippen LogP contribution in [-0.2, 0) is 13.5 Å². The Morgan fingerprint density at radius 2 is 2.09 bits per heavy atom. The van der Waals surface area contributed by atoms with Gasteiger partial charge in [-0.05, 0) is 39.7 Å². The number of urea groups is 1. The molecule has 0 radical (unpaired) electrons. The van der Waals surface area contributed by atoms with Crippen LogP contribution in [0.15, 0.2) is 21.6 Å². The molecular formula is C16H22N4O3. The first-order valence-electron chi connectivity index (χ1n) is 7.44. The maximum absolute atomic E-state index is 12.1. The standard InChI is InChI=1S/C16H22N4O3/c1-9-6-15(21)20(5)8-14(9)18-16(22)17-10(2)7-13-11(3)19-23-12(13)4/h6,8,10H,7H2,1-5H3,(H2,17,18,22)/t10-/m0/s1. The predicted molar refractivity (Wildman–Crippen MR) is 87.7 cm³/mol. The van der Waals surface area contributed by atoms with Crippen LogP contribution in [0.4, 0.5) is 10.5 Å². The van der Waals surface area contributed by atoms with E-state index in [-0.39, 0.29) is 17.6 Å². The van der Waals surface area contributed by atoms with Crippen molar-refractivity contribution in [2.24, 2.45) is 7.05 Å². The molecule has 2 heterocycles. The van der Waals surface area contributed by atoms with Gasteiger partial charge in [0.2, 0.25) is 0 Å². The SMILES string of the molecule is Cc1cc(=O)n(C)cc1NC(=O)N[C@@H](C)Cc1c(C)noc1C. The molecule has 2 aromatic rings. The molecule has 7 heteroatoms. The second-order valence-electron chi connectivity index (χ2n) is 5.83. The van der Waals surface area contributed by atoms with Crippen molar-refractivity contribution >= 4 is 11.7 Å². The van der Waals surface area contributed by atoms with E-state index >= 15 is 0 Å². The highest BCUT2D eigenvalue weighted by atomic mass is 16.5. The minimum atomic E-state index is -0.314. The Morgan fingerprint density at radius 3 is 2.70 bits per heavy atom. The van der Waals surface area contributed by atoms with Crippen LogP contribution >= 0.6 is 0 Å². The average Bonchev–Trinajstić information content (AvgIpc) is 2.76. The Morgan fingerprint density at radius 1 is 1.39 bits per heavy atom. The number of carbonyl (C=O) groups excluding carboxylic acids is 1. The fourth-order valence-electron chi connectivity index (χ4n) is 2.39. The largest absolute Gasteiger partial charge is 0.361 e. The van der Waals surface area contributed by atoms with Gasteiger partial charge in [-0.3, -0.25) is 4.79 Å². The molecule has 0 saturated heterocycles. The zero-order valence-corrected chi connectivity index (χ0v) is 14.1. The van der Waals surface area contributed by atoms with Crippen molar-refractivity contribution in [3.8, 4) is 0 Å². The molecule has 124 valence electrons. The van der Waals surface area contributed by atoms with Gasteiger partial charge in [-0.2, -0.15) is 0 Å². The third kappa shape index (κ3) is 4.00. The highest BCUT2D eigenvalue weighted by molar-refractivity contribution is 5.90. The van der Waals surface area contributed by atoms with Gasteiger partial charge in [-0.1, -0.05) is 5.16 Å². The van der Waals surface area contributed by atoms with Gasteiger partial charge in [-0.25, -0.2) is 4.79 Å². The molecule has 0 unspecified atom stereocenters. The van der Waals surface area contributed by atoms with Crippen molar-refractivity contribution in [2.75, 3.05) is 5.32 Å². The quantitative estimate of drug-likeness (QED) is 0.903. The molecule has 2 N–H and O–H groups in total. The van der Waals surface area contributed by atoms with Gasteiger partial charge in [0.05, 0.1) is 11.4 Å². The third-order valence-corrected chi connectivity index (χ3v) is 3.75. The Balaban J connectivity index is 1.99. The van der Waals surface area contributed by atoms with E-state index in [0.717, 1.165) is 22.6 Å². The minimum Gasteiger partial charge on any atom is -0.361 e. The summed E-state index contributed by atoms with van der Waals surface area (Å²) in [5.74, 6) is 0.769. The number of rotatable bonds is 4. The number of amides is 2. The van der Waals surface area contributed by atoms with Gasteiger partial charge in [0.1, 0.15) is 5.76 Å². The van der Waals surface area contributed by atoms with Gasteiger partial charge in [0.25, 0.3) is 5.56 Å². The zero-order chi connectivity index (χ0) is 17.1. The molecule has 0 spiro atoms. The van der Waals surface area contributed by atoms with E-state index in [9.17, 15) is 9.59 Å². The maximum atomic E-state index is 12.1. The Bertz CT molecular complexity index is 757. The summed E-state index contributed by atoms with van der Waals surface area (Å²) >= 11 is 0. The number of hydrogen-bond donors (Lipinski definition) is 2. The van der Waals surface area contributed by atoms with Crippen LogP contribution in [0.1, 0.15) is 29.5 Å². The van der Waals surface area contributed by atoms with Crippen molar-refractivity contribution in [1.29, 1.82) is 0 Å². The van der Waals surface area contributed by atoms with Crippen LogP contribution in [0, 0.1) is 20.8 Å². The molecular weight excluding hydrogens is 296 g/mol. The molecule has 0 aromatic carbocycles. The van der Waals surface area contributed by atoms with Gasteiger partial charge in [-0.15, -0.1) is 0 Å². The van der Waals surface area contributed by atoms with Gasteiger partial charge in [0, 0.05) is 30.9 Å². The average molecular weight is 318 g/mol. The number of nitrogens with zero attached hydrogens (tertiary/aromatic N) is 2. The fraction of sp³-hybridized carbons (Fsp3) is 0.438. The van der Waals surface area contributed by atoms with Crippen molar-refractivity contribution in [1.82, 2.24) is 15.0 Å². The van der Waals surface area contributed by atoms with E-state index in [4.69, 9.17) is 4.52 Å². The van der Waals surface area contributed by atoms with Crippen molar-refractivity contribution in [2.45, 2.75) is 40.2 Å². The van der Waals surface area contributed by atoms with Crippen molar-refractivity contribution in [3.05, 3.63) is 45.2 Å². The van der Waals surface area contributed by atoms with E-state index < -0.39 is 0 Å². The molecule has 1 atom stereocenters. The molecule has 0 aliphatic rings. The Hall–Kier alpha value is -2.57. The summed E-state index contributed by atoms with van der Waals surface area (Å²) in [7, 11) is 1.64. The van der Waals surface area contributed by atoms with E-state index in [1.54, 1.807) is 20.2 Å². The predicted octanol–water partition coefficient (Wildman–Crippen LogP) is 2.05. The lowest BCUT2D eigenvalue weighted by atomic mass is 10.1. The molecule has 23 heavy (non-hydrogen) atoms. The normalized spacial score (nSPS) is 12.0. The number of aryl methyl sites for hydroxylation is 4. The number of nitrogens with one attached hydrogen (secondary N) is 2. The summed E-state index contributed by atoms with van der Waals surface area (Å²) in [6, 6.07) is 1.09. The highest BCUT2D eigenvalue weighted by Crippen LogP contribution is 2.15. The lowest BCUT2D eigenvalue weighted by Crippen LogP contribution is -2.38. The van der Waals surface area contributed by atoms with E-state index in [1.807, 2.05) is 20.8 Å². The summed E-state index contributed by atoms with van der Waals surface area (Å²) in [5, 5.41) is 9.55.